The average Bonchev–Trinajstić information content (AvgIpc) is 3.22. The van der Waals surface area contributed by atoms with Crippen molar-refractivity contribution in [2.75, 3.05) is 13.2 Å². The zero-order chi connectivity index (χ0) is 35.7. The topological polar surface area (TPSA) is 231 Å². The molecule has 0 radical (unpaired) electrons. The van der Waals surface area contributed by atoms with Crippen molar-refractivity contribution in [2.24, 2.45) is 17.3 Å². The number of cyclic esters (lactones) is 1. The summed E-state index contributed by atoms with van der Waals surface area (Å²) in [6, 6.07) is 2.90. The summed E-state index contributed by atoms with van der Waals surface area (Å²) in [6.45, 7) is 6.61. The number of carbonyl (C=O) groups excluding carboxylic acids is 6. The molecule has 0 amide bonds. The fourth-order valence-corrected chi connectivity index (χ4v) is 8.11. The third kappa shape index (κ3) is 4.82. The monoisotopic (exact) mass is 677 g/mol. The van der Waals surface area contributed by atoms with E-state index in [1.165, 1.54) is 32.2 Å². The lowest BCUT2D eigenvalue weighted by atomic mass is 9.45. The minimum Gasteiger partial charge on any atom is -0.465 e. The number of ether oxygens (including phenoxy) is 6. The van der Waals surface area contributed by atoms with Gasteiger partial charge in [0.15, 0.2) is 24.1 Å². The van der Waals surface area contributed by atoms with Gasteiger partial charge in [-0.25, -0.2) is 4.79 Å². The third-order valence-corrected chi connectivity index (χ3v) is 10.4. The van der Waals surface area contributed by atoms with Gasteiger partial charge in [0.2, 0.25) is 0 Å². The molecule has 1 aromatic rings. The number of aliphatic hydroxyl groups is 3. The van der Waals surface area contributed by atoms with Crippen LogP contribution in [0.25, 0.3) is 0 Å². The Morgan fingerprint density at radius 1 is 1.00 bits per heavy atom. The fourth-order valence-electron chi connectivity index (χ4n) is 8.11. The smallest absolute Gasteiger partial charge is 0.340 e. The number of pyridine rings is 1. The van der Waals surface area contributed by atoms with Crippen molar-refractivity contribution in [2.45, 2.75) is 102 Å². The number of hydrogen-bond donors (Lipinski definition) is 3. The van der Waals surface area contributed by atoms with E-state index < -0.39 is 119 Å². The molecule has 16 heteroatoms. The Hall–Kier alpha value is -3.99. The molecule has 3 N–H and O–H groups in total. The van der Waals surface area contributed by atoms with Crippen molar-refractivity contribution >= 4 is 35.6 Å². The molecule has 1 saturated heterocycles. The number of nitrogens with zero attached hydrogens (tertiary/aromatic N) is 1. The van der Waals surface area contributed by atoms with Crippen LogP contribution in [0.15, 0.2) is 18.3 Å². The zero-order valence-electron chi connectivity index (χ0n) is 27.5. The van der Waals surface area contributed by atoms with E-state index in [0.717, 1.165) is 27.7 Å². The lowest BCUT2D eigenvalue weighted by Crippen LogP contribution is -2.88. The van der Waals surface area contributed by atoms with Gasteiger partial charge in [0, 0.05) is 32.9 Å². The molecule has 16 nitrogen and oxygen atoms in total. The largest absolute Gasteiger partial charge is 0.465 e. The highest BCUT2D eigenvalue weighted by atomic mass is 16.6. The summed E-state index contributed by atoms with van der Waals surface area (Å²) < 4.78 is 34.7. The van der Waals surface area contributed by atoms with Gasteiger partial charge in [0.25, 0.3) is 0 Å². The number of ketones is 1. The normalized spacial score (nSPS) is 42.1. The van der Waals surface area contributed by atoms with Crippen molar-refractivity contribution in [3.8, 4) is 0 Å². The fraction of sp³-hybridized carbons (Fsp3) is 0.656. The highest BCUT2D eigenvalue weighted by molar-refractivity contribution is 5.93. The maximum atomic E-state index is 14.2. The van der Waals surface area contributed by atoms with Gasteiger partial charge in [-0.15, -0.1) is 0 Å². The number of Topliss-reactive ketones (excluding diaryl/α,β-unsaturated/α-hetero) is 1. The van der Waals surface area contributed by atoms with Gasteiger partial charge in [0.1, 0.15) is 41.5 Å². The Labute approximate surface area is 275 Å². The predicted octanol–water partition coefficient (Wildman–Crippen LogP) is -0.471. The first-order valence-electron chi connectivity index (χ1n) is 15.4. The molecule has 48 heavy (non-hydrogen) atoms. The van der Waals surface area contributed by atoms with Crippen molar-refractivity contribution in [1.82, 2.24) is 4.98 Å². The number of rotatable bonds is 4. The first-order chi connectivity index (χ1) is 22.3. The molecular formula is C32H39NO15. The van der Waals surface area contributed by atoms with E-state index in [2.05, 4.69) is 4.98 Å². The maximum Gasteiger partial charge on any atom is 0.340 e. The molecule has 4 aliphatic rings. The van der Waals surface area contributed by atoms with Crippen LogP contribution in [0.3, 0.4) is 0 Å². The summed E-state index contributed by atoms with van der Waals surface area (Å²) in [6.07, 6.45) is -9.08. The first kappa shape index (κ1) is 35.3. The number of aliphatic hydroxyl groups excluding tert-OH is 2. The maximum absolute atomic E-state index is 14.2. The van der Waals surface area contributed by atoms with Gasteiger partial charge in [-0.05, 0) is 26.0 Å². The SMILES string of the molecule is CC(=O)OC[C@]12[C@H](O)C(=O)[C@H]3[C@@H](O)[C@@]14O[C@@]3(C)COC(=O)c1cccnc1[C@@H](C)[C@H](C)C(=O)O[C@@H]([C@H](OC(C)=O)[C@H]2OC(C)=O)[C@]4(C)O. The molecular weight excluding hydrogens is 638 g/mol. The van der Waals surface area contributed by atoms with Crippen molar-refractivity contribution < 1.29 is 72.5 Å². The Morgan fingerprint density at radius 2 is 1.65 bits per heavy atom. The Balaban J connectivity index is 1.86. The third-order valence-electron chi connectivity index (χ3n) is 10.4. The second-order valence-electron chi connectivity index (χ2n) is 13.4. The summed E-state index contributed by atoms with van der Waals surface area (Å²) in [7, 11) is 0. The molecule has 3 heterocycles. The molecule has 1 spiro atoms. The first-order valence-corrected chi connectivity index (χ1v) is 15.4. The van der Waals surface area contributed by atoms with Crippen LogP contribution < -0.4 is 0 Å². The van der Waals surface area contributed by atoms with Crippen molar-refractivity contribution in [3.63, 3.8) is 0 Å². The number of esters is 5. The van der Waals surface area contributed by atoms with Gasteiger partial charge in [-0.3, -0.25) is 29.0 Å². The standard InChI is InChI=1S/C32H39NO15/c1-13-14(2)27(40)47-25-22(45-16(4)35)26(46-17(5)36)31(12-43-15(3)34)24(39)21(37)19-23(38)32(31,30(25,7)42)48-29(19,6)11-44-28(41)18-9-8-10-33-20(13)18/h8-10,13-14,19,22-26,38-39,42H,11-12H2,1-7H3/t13-,14-,19-,22-,23+,24+,25-,26+,29-,30-,31+,32-/m0/s1. The lowest BCUT2D eigenvalue weighted by Gasteiger charge is -2.66. The summed E-state index contributed by atoms with van der Waals surface area (Å²) in [5, 5.41) is 36.9. The number of fused-ring (bicyclic) bond motifs is 5. The quantitative estimate of drug-likeness (QED) is 0.270. The Morgan fingerprint density at radius 3 is 2.25 bits per heavy atom. The molecule has 1 aromatic heterocycles. The summed E-state index contributed by atoms with van der Waals surface area (Å²) in [4.78, 5) is 83.5. The lowest BCUT2D eigenvalue weighted by molar-refractivity contribution is -0.376. The van der Waals surface area contributed by atoms with E-state index in [1.807, 2.05) is 0 Å². The minimum absolute atomic E-state index is 0.0135. The second-order valence-corrected chi connectivity index (χ2v) is 13.4. The minimum atomic E-state index is -2.73. The van der Waals surface area contributed by atoms with E-state index in [0.29, 0.717) is 0 Å². The molecule has 2 saturated carbocycles. The summed E-state index contributed by atoms with van der Waals surface area (Å²) in [5.74, 6) is -9.64. The predicted molar refractivity (Wildman–Crippen MR) is 156 cm³/mol. The van der Waals surface area contributed by atoms with Gasteiger partial charge in [0.05, 0.1) is 29.2 Å². The molecule has 12 atom stereocenters. The van der Waals surface area contributed by atoms with E-state index in [1.54, 1.807) is 6.92 Å². The van der Waals surface area contributed by atoms with Crippen LogP contribution in [0.5, 0.6) is 0 Å². The number of aromatic nitrogens is 1. The van der Waals surface area contributed by atoms with Gasteiger partial charge in [-0.2, -0.15) is 0 Å². The molecule has 3 fully saturated rings. The van der Waals surface area contributed by atoms with Crippen molar-refractivity contribution in [3.05, 3.63) is 29.6 Å². The van der Waals surface area contributed by atoms with E-state index in [4.69, 9.17) is 28.4 Å². The van der Waals surface area contributed by atoms with E-state index >= 15 is 0 Å². The highest BCUT2D eigenvalue weighted by Gasteiger charge is 2.89. The Kier molecular flexibility index (Phi) is 8.73. The van der Waals surface area contributed by atoms with Gasteiger partial charge < -0.3 is 43.7 Å². The average molecular weight is 678 g/mol. The van der Waals surface area contributed by atoms with E-state index in [9.17, 15) is 44.1 Å². The molecule has 5 rings (SSSR count). The molecule has 2 aliphatic heterocycles. The molecule has 4 bridgehead atoms. The molecule has 0 aromatic carbocycles. The summed E-state index contributed by atoms with van der Waals surface area (Å²) in [5.41, 5.74) is -9.91. The van der Waals surface area contributed by atoms with Crippen molar-refractivity contribution in [1.29, 1.82) is 0 Å². The van der Waals surface area contributed by atoms with Gasteiger partial charge >= 0.3 is 29.8 Å². The zero-order valence-corrected chi connectivity index (χ0v) is 27.5. The van der Waals surface area contributed by atoms with Crippen LogP contribution in [-0.2, 0) is 52.4 Å². The second kappa shape index (κ2) is 11.9. The van der Waals surface area contributed by atoms with Crippen LogP contribution in [0.1, 0.15) is 70.4 Å². The van der Waals surface area contributed by atoms with Crippen LogP contribution in [0.4, 0.5) is 0 Å². The molecule has 262 valence electrons. The number of carbonyl (C=O) groups is 6. The van der Waals surface area contributed by atoms with Gasteiger partial charge in [-0.1, -0.05) is 13.8 Å². The van der Waals surface area contributed by atoms with Crippen LogP contribution >= 0.6 is 0 Å². The number of hydrogen-bond acceptors (Lipinski definition) is 16. The Bertz CT molecular complexity index is 1560. The van der Waals surface area contributed by atoms with E-state index in [-0.39, 0.29) is 11.3 Å². The molecule has 2 aliphatic carbocycles. The van der Waals surface area contributed by atoms with Crippen LogP contribution in [0.2, 0.25) is 0 Å². The highest BCUT2D eigenvalue weighted by Crippen LogP contribution is 2.67. The van der Waals surface area contributed by atoms with Crippen LogP contribution in [-0.4, -0.2) is 116 Å². The van der Waals surface area contributed by atoms with Crippen LogP contribution in [0, 0.1) is 17.3 Å². The molecule has 0 unspecified atom stereocenters. The summed E-state index contributed by atoms with van der Waals surface area (Å²) >= 11 is 0.